The average molecular weight is 261 g/mol. The molecule has 0 atom stereocenters. The zero-order valence-corrected chi connectivity index (χ0v) is 11.6. The third kappa shape index (κ3) is 3.48. The van der Waals surface area contributed by atoms with Gasteiger partial charge in [0.15, 0.2) is 0 Å². The molecule has 0 aromatic heterocycles. The maximum absolute atomic E-state index is 9.90. The lowest BCUT2D eigenvalue weighted by Gasteiger charge is -2.29. The smallest absolute Gasteiger partial charge is 0.119 e. The van der Waals surface area contributed by atoms with Gasteiger partial charge in [-0.3, -0.25) is 0 Å². The van der Waals surface area contributed by atoms with Crippen LogP contribution in [-0.2, 0) is 6.42 Å². The number of nitrogens with zero attached hydrogens (tertiary/aromatic N) is 1. The van der Waals surface area contributed by atoms with E-state index in [0.717, 1.165) is 50.9 Å². The normalized spacial score (nSPS) is 23.3. The van der Waals surface area contributed by atoms with Crippen molar-refractivity contribution in [2.24, 2.45) is 0 Å². The molecule has 1 saturated heterocycles. The van der Waals surface area contributed by atoms with Crippen molar-refractivity contribution >= 4 is 0 Å². The molecule has 3 heteroatoms. The summed E-state index contributed by atoms with van der Waals surface area (Å²) < 4.78 is 6.02. The Balaban J connectivity index is 1.54. The Hall–Kier alpha value is -1.06. The summed E-state index contributed by atoms with van der Waals surface area (Å²) in [5, 5.41) is 9.90. The Bertz CT molecular complexity index is 417. The molecular formula is C16H23NO2. The summed E-state index contributed by atoms with van der Waals surface area (Å²) in [6.07, 6.45) is 5.24. The molecule has 0 spiro atoms. The van der Waals surface area contributed by atoms with E-state index in [2.05, 4.69) is 24.1 Å². The predicted molar refractivity (Wildman–Crippen MR) is 75.5 cm³/mol. The zero-order valence-electron chi connectivity index (χ0n) is 11.6. The van der Waals surface area contributed by atoms with E-state index in [1.54, 1.807) is 0 Å². The molecule has 0 radical (unpaired) electrons. The summed E-state index contributed by atoms with van der Waals surface area (Å²) >= 11 is 0. The fourth-order valence-corrected chi connectivity index (χ4v) is 2.68. The maximum Gasteiger partial charge on any atom is 0.119 e. The SMILES string of the molecule is CN1CCC(Oc2ccc(CC3(O)CC3)cc2)CC1. The summed E-state index contributed by atoms with van der Waals surface area (Å²) in [5.74, 6) is 0.959. The molecule has 1 aromatic carbocycles. The van der Waals surface area contributed by atoms with Gasteiger partial charge in [0, 0.05) is 19.5 Å². The first-order valence-corrected chi connectivity index (χ1v) is 7.30. The van der Waals surface area contributed by atoms with E-state index < -0.39 is 5.60 Å². The minimum atomic E-state index is -0.406. The molecule has 3 rings (SSSR count). The fraction of sp³-hybridized carbons (Fsp3) is 0.625. The number of rotatable bonds is 4. The van der Waals surface area contributed by atoms with Crippen LogP contribution in [0.4, 0.5) is 0 Å². The van der Waals surface area contributed by atoms with Crippen molar-refractivity contribution in [3.8, 4) is 5.75 Å². The van der Waals surface area contributed by atoms with Crippen molar-refractivity contribution in [1.82, 2.24) is 4.90 Å². The van der Waals surface area contributed by atoms with Gasteiger partial charge in [0.1, 0.15) is 11.9 Å². The molecule has 3 nitrogen and oxygen atoms in total. The molecule has 1 heterocycles. The Morgan fingerprint density at radius 1 is 1.21 bits per heavy atom. The molecule has 1 aromatic rings. The molecule has 0 amide bonds. The largest absolute Gasteiger partial charge is 0.490 e. The van der Waals surface area contributed by atoms with E-state index in [-0.39, 0.29) is 0 Å². The van der Waals surface area contributed by atoms with Gasteiger partial charge in [0.05, 0.1) is 5.60 Å². The summed E-state index contributed by atoms with van der Waals surface area (Å²) in [7, 11) is 2.16. The second-order valence-electron chi connectivity index (χ2n) is 6.17. The second kappa shape index (κ2) is 5.14. The number of hydrogen-bond acceptors (Lipinski definition) is 3. The summed E-state index contributed by atoms with van der Waals surface area (Å²) in [6, 6.07) is 8.25. The Morgan fingerprint density at radius 2 is 1.84 bits per heavy atom. The van der Waals surface area contributed by atoms with E-state index >= 15 is 0 Å². The highest BCUT2D eigenvalue weighted by molar-refractivity contribution is 5.29. The lowest BCUT2D eigenvalue weighted by atomic mass is 10.1. The van der Waals surface area contributed by atoms with Gasteiger partial charge in [0.2, 0.25) is 0 Å². The highest BCUT2D eigenvalue weighted by atomic mass is 16.5. The highest BCUT2D eigenvalue weighted by Gasteiger charge is 2.39. The molecule has 2 fully saturated rings. The molecule has 1 aliphatic carbocycles. The minimum absolute atomic E-state index is 0.356. The van der Waals surface area contributed by atoms with Gasteiger partial charge in [-0.15, -0.1) is 0 Å². The Kier molecular flexibility index (Phi) is 3.50. The van der Waals surface area contributed by atoms with Gasteiger partial charge in [-0.25, -0.2) is 0 Å². The van der Waals surface area contributed by atoms with Crippen LogP contribution in [0.15, 0.2) is 24.3 Å². The van der Waals surface area contributed by atoms with Crippen LogP contribution in [0.2, 0.25) is 0 Å². The van der Waals surface area contributed by atoms with Crippen LogP contribution < -0.4 is 4.74 Å². The van der Waals surface area contributed by atoms with Gasteiger partial charge in [0.25, 0.3) is 0 Å². The molecule has 1 saturated carbocycles. The monoisotopic (exact) mass is 261 g/mol. The standard InChI is InChI=1S/C16H23NO2/c1-17-10-6-15(7-11-17)19-14-4-2-13(3-5-14)12-16(18)8-9-16/h2-5,15,18H,6-12H2,1H3. The quantitative estimate of drug-likeness (QED) is 0.902. The molecule has 2 aliphatic rings. The first-order chi connectivity index (χ1) is 9.13. The molecular weight excluding hydrogens is 238 g/mol. The summed E-state index contributed by atoms with van der Waals surface area (Å²) in [6.45, 7) is 2.24. The molecule has 104 valence electrons. The maximum atomic E-state index is 9.90. The third-order valence-corrected chi connectivity index (χ3v) is 4.25. The number of aliphatic hydroxyl groups is 1. The van der Waals surface area contributed by atoms with Gasteiger partial charge in [-0.05, 0) is 50.4 Å². The lowest BCUT2D eigenvalue weighted by molar-refractivity contribution is 0.114. The first-order valence-electron chi connectivity index (χ1n) is 7.30. The number of ether oxygens (including phenoxy) is 1. The first kappa shape index (κ1) is 12.9. The van der Waals surface area contributed by atoms with Crippen LogP contribution in [0.25, 0.3) is 0 Å². The van der Waals surface area contributed by atoms with Gasteiger partial charge >= 0.3 is 0 Å². The average Bonchev–Trinajstić information content (AvgIpc) is 3.12. The van der Waals surface area contributed by atoms with E-state index in [1.165, 1.54) is 5.56 Å². The van der Waals surface area contributed by atoms with E-state index in [9.17, 15) is 5.11 Å². The van der Waals surface area contributed by atoms with Crippen molar-refractivity contribution in [1.29, 1.82) is 0 Å². The van der Waals surface area contributed by atoms with Crippen molar-refractivity contribution < 1.29 is 9.84 Å². The van der Waals surface area contributed by atoms with Crippen LogP contribution >= 0.6 is 0 Å². The molecule has 1 aliphatic heterocycles. The number of piperidine rings is 1. The van der Waals surface area contributed by atoms with Crippen molar-refractivity contribution in [3.63, 3.8) is 0 Å². The zero-order chi connectivity index (χ0) is 13.3. The van der Waals surface area contributed by atoms with Crippen molar-refractivity contribution in [3.05, 3.63) is 29.8 Å². The Morgan fingerprint density at radius 3 is 2.42 bits per heavy atom. The van der Waals surface area contributed by atoms with Crippen molar-refractivity contribution in [2.45, 2.75) is 43.8 Å². The van der Waals surface area contributed by atoms with Crippen molar-refractivity contribution in [2.75, 3.05) is 20.1 Å². The van der Waals surface area contributed by atoms with Crippen LogP contribution in [0.5, 0.6) is 5.75 Å². The minimum Gasteiger partial charge on any atom is -0.490 e. The van der Waals surface area contributed by atoms with Gasteiger partial charge in [-0.2, -0.15) is 0 Å². The number of likely N-dealkylation sites (tertiary alicyclic amines) is 1. The van der Waals surface area contributed by atoms with Crippen LogP contribution in [0.3, 0.4) is 0 Å². The molecule has 0 bridgehead atoms. The van der Waals surface area contributed by atoms with Crippen LogP contribution in [0, 0.1) is 0 Å². The molecule has 19 heavy (non-hydrogen) atoms. The predicted octanol–water partition coefficient (Wildman–Crippen LogP) is 2.23. The molecule has 0 unspecified atom stereocenters. The van der Waals surface area contributed by atoms with E-state index in [4.69, 9.17) is 4.74 Å². The second-order valence-corrected chi connectivity index (χ2v) is 6.17. The number of hydrogen-bond donors (Lipinski definition) is 1. The number of benzene rings is 1. The van der Waals surface area contributed by atoms with Gasteiger partial charge < -0.3 is 14.7 Å². The Labute approximate surface area is 115 Å². The third-order valence-electron chi connectivity index (χ3n) is 4.25. The van der Waals surface area contributed by atoms with Crippen LogP contribution in [0.1, 0.15) is 31.2 Å². The van der Waals surface area contributed by atoms with E-state index in [1.807, 2.05) is 12.1 Å². The van der Waals surface area contributed by atoms with Gasteiger partial charge in [-0.1, -0.05) is 12.1 Å². The summed E-state index contributed by atoms with van der Waals surface area (Å²) in [5.41, 5.74) is 0.798. The lowest BCUT2D eigenvalue weighted by Crippen LogP contribution is -2.35. The molecule has 1 N–H and O–H groups in total. The fourth-order valence-electron chi connectivity index (χ4n) is 2.68. The van der Waals surface area contributed by atoms with E-state index in [0.29, 0.717) is 6.10 Å². The highest BCUT2D eigenvalue weighted by Crippen LogP contribution is 2.38. The van der Waals surface area contributed by atoms with Crippen LogP contribution in [-0.4, -0.2) is 41.8 Å². The summed E-state index contributed by atoms with van der Waals surface area (Å²) in [4.78, 5) is 2.35. The topological polar surface area (TPSA) is 32.7 Å².